The zero-order valence-corrected chi connectivity index (χ0v) is 21.9. The van der Waals surface area contributed by atoms with Crippen LogP contribution in [0.15, 0.2) is 60.8 Å². The molecule has 0 bridgehead atoms. The topological polar surface area (TPSA) is 64.1 Å². The van der Waals surface area contributed by atoms with Crippen LogP contribution in [0.4, 0.5) is 25.0 Å². The van der Waals surface area contributed by atoms with E-state index in [0.717, 1.165) is 23.1 Å². The first-order valence-electron chi connectivity index (χ1n) is 12.1. The lowest BCUT2D eigenvalue weighted by Crippen LogP contribution is -2.44. The summed E-state index contributed by atoms with van der Waals surface area (Å²) in [7, 11) is 3.13. The van der Waals surface area contributed by atoms with E-state index in [1.165, 1.54) is 11.0 Å². The Kier molecular flexibility index (Phi) is 7.95. The lowest BCUT2D eigenvalue weighted by Gasteiger charge is -2.30. The number of nitrogens with zero attached hydrogens (tertiary/aromatic N) is 3. The molecular weight excluding hydrogens is 492 g/mol. The van der Waals surface area contributed by atoms with Gasteiger partial charge in [0.05, 0.1) is 25.4 Å². The molecular formula is C29H29F2N3O4. The third kappa shape index (κ3) is 5.18. The van der Waals surface area contributed by atoms with Gasteiger partial charge in [-0.3, -0.25) is 14.8 Å². The van der Waals surface area contributed by atoms with Gasteiger partial charge in [-0.05, 0) is 68.8 Å². The zero-order chi connectivity index (χ0) is 27.4. The van der Waals surface area contributed by atoms with Crippen LogP contribution in [0, 0.1) is 18.6 Å². The molecule has 0 aliphatic carbocycles. The Bertz CT molecular complexity index is 1480. The standard InChI is InChI=1S/C29H29F2N3O4/c1-6-33(29(35)34(7-2)25-10-8-19(30)15-22(25)31)24-11-9-20(14-18(24)3)38-26-12-13-32-23-17-28(37-5)27(36-4)16-21(23)26/h8-17H,6-7H2,1-5H3. The second kappa shape index (κ2) is 11.3. The van der Waals surface area contributed by atoms with Crippen LogP contribution in [0.25, 0.3) is 10.9 Å². The molecule has 0 N–H and O–H groups in total. The second-order valence-corrected chi connectivity index (χ2v) is 8.45. The molecule has 0 fully saturated rings. The van der Waals surface area contributed by atoms with Crippen LogP contribution >= 0.6 is 0 Å². The number of hydrogen-bond acceptors (Lipinski definition) is 5. The Morgan fingerprint density at radius 2 is 1.50 bits per heavy atom. The summed E-state index contributed by atoms with van der Waals surface area (Å²) in [6.45, 7) is 5.99. The van der Waals surface area contributed by atoms with Gasteiger partial charge in [0.2, 0.25) is 0 Å². The smallest absolute Gasteiger partial charge is 0.329 e. The molecule has 0 radical (unpaired) electrons. The van der Waals surface area contributed by atoms with Crippen LogP contribution in [0.1, 0.15) is 19.4 Å². The highest BCUT2D eigenvalue weighted by Gasteiger charge is 2.25. The predicted octanol–water partition coefficient (Wildman–Crippen LogP) is 7.10. The van der Waals surface area contributed by atoms with Crippen molar-refractivity contribution in [2.75, 3.05) is 37.1 Å². The molecule has 1 heterocycles. The summed E-state index contributed by atoms with van der Waals surface area (Å²) in [5.74, 6) is 0.767. The quantitative estimate of drug-likeness (QED) is 0.247. The van der Waals surface area contributed by atoms with Crippen molar-refractivity contribution in [1.29, 1.82) is 0 Å². The minimum absolute atomic E-state index is 0.0200. The maximum absolute atomic E-state index is 14.5. The molecule has 0 spiro atoms. The van der Waals surface area contributed by atoms with Crippen molar-refractivity contribution in [2.24, 2.45) is 0 Å². The third-order valence-electron chi connectivity index (χ3n) is 6.19. The molecule has 1 aromatic heterocycles. The van der Waals surface area contributed by atoms with Gasteiger partial charge in [0.1, 0.15) is 23.1 Å². The molecule has 4 rings (SSSR count). The molecule has 198 valence electrons. The molecule has 7 nitrogen and oxygen atoms in total. The Morgan fingerprint density at radius 1 is 0.842 bits per heavy atom. The number of aryl methyl sites for hydroxylation is 1. The number of methoxy groups -OCH3 is 2. The highest BCUT2D eigenvalue weighted by Crippen LogP contribution is 2.37. The highest BCUT2D eigenvalue weighted by molar-refractivity contribution is 6.04. The van der Waals surface area contributed by atoms with Crippen LogP contribution < -0.4 is 24.0 Å². The van der Waals surface area contributed by atoms with Crippen molar-refractivity contribution in [3.8, 4) is 23.0 Å². The minimum atomic E-state index is -0.796. The molecule has 0 atom stereocenters. The first-order valence-corrected chi connectivity index (χ1v) is 12.1. The van der Waals surface area contributed by atoms with Crippen molar-refractivity contribution in [3.05, 3.63) is 78.0 Å². The number of anilines is 2. The number of fused-ring (bicyclic) bond motifs is 1. The van der Waals surface area contributed by atoms with Crippen molar-refractivity contribution in [2.45, 2.75) is 20.8 Å². The normalized spacial score (nSPS) is 10.8. The fraction of sp³-hybridized carbons (Fsp3) is 0.241. The fourth-order valence-electron chi connectivity index (χ4n) is 4.32. The molecule has 0 aliphatic heterocycles. The Hall–Kier alpha value is -4.40. The number of halogens is 2. The molecule has 0 saturated heterocycles. The number of benzene rings is 3. The van der Waals surface area contributed by atoms with Gasteiger partial charge in [0.15, 0.2) is 11.5 Å². The Labute approximate surface area is 220 Å². The lowest BCUT2D eigenvalue weighted by atomic mass is 10.1. The molecule has 2 amide bonds. The van der Waals surface area contributed by atoms with Gasteiger partial charge in [0.25, 0.3) is 0 Å². The van der Waals surface area contributed by atoms with Gasteiger partial charge in [-0.25, -0.2) is 13.6 Å². The Morgan fingerprint density at radius 3 is 2.13 bits per heavy atom. The summed E-state index contributed by atoms with van der Waals surface area (Å²) >= 11 is 0. The van der Waals surface area contributed by atoms with Gasteiger partial charge in [-0.15, -0.1) is 0 Å². The van der Waals surface area contributed by atoms with Crippen molar-refractivity contribution in [3.63, 3.8) is 0 Å². The summed E-state index contributed by atoms with van der Waals surface area (Å²) in [5, 5.41) is 0.747. The maximum atomic E-state index is 14.5. The lowest BCUT2D eigenvalue weighted by molar-refractivity contribution is 0.251. The van der Waals surface area contributed by atoms with Gasteiger partial charge in [-0.2, -0.15) is 0 Å². The number of hydrogen-bond donors (Lipinski definition) is 0. The molecule has 0 unspecified atom stereocenters. The SMILES string of the molecule is CCN(C(=O)N(CC)c1ccc(F)cc1F)c1ccc(Oc2ccnc3cc(OC)c(OC)cc23)cc1C. The molecule has 38 heavy (non-hydrogen) atoms. The van der Waals surface area contributed by atoms with Crippen LogP contribution in [-0.2, 0) is 0 Å². The molecule has 0 saturated carbocycles. The maximum Gasteiger partial charge on any atom is 0.329 e. The van der Waals surface area contributed by atoms with Gasteiger partial charge < -0.3 is 14.2 Å². The van der Waals surface area contributed by atoms with Crippen LogP contribution in [-0.4, -0.2) is 38.3 Å². The third-order valence-corrected chi connectivity index (χ3v) is 6.19. The van der Waals surface area contributed by atoms with E-state index in [-0.39, 0.29) is 12.2 Å². The average molecular weight is 522 g/mol. The van der Waals surface area contributed by atoms with Crippen LogP contribution in [0.5, 0.6) is 23.0 Å². The number of amides is 2. The average Bonchev–Trinajstić information content (AvgIpc) is 2.91. The van der Waals surface area contributed by atoms with E-state index in [0.29, 0.717) is 40.7 Å². The van der Waals surface area contributed by atoms with Crippen molar-refractivity contribution < 1.29 is 27.8 Å². The second-order valence-electron chi connectivity index (χ2n) is 8.45. The number of aromatic nitrogens is 1. The van der Waals surface area contributed by atoms with E-state index in [2.05, 4.69) is 4.98 Å². The number of urea groups is 1. The molecule has 0 aliphatic rings. The number of rotatable bonds is 8. The van der Waals surface area contributed by atoms with Gasteiger partial charge in [-0.1, -0.05) is 0 Å². The monoisotopic (exact) mass is 521 g/mol. The van der Waals surface area contributed by atoms with Gasteiger partial charge >= 0.3 is 6.03 Å². The summed E-state index contributed by atoms with van der Waals surface area (Å²) in [6, 6.07) is 13.5. The number of carbonyl (C=O) groups is 1. The largest absolute Gasteiger partial charge is 0.493 e. The summed E-state index contributed by atoms with van der Waals surface area (Å²) in [6.07, 6.45) is 1.65. The molecule has 3 aromatic carbocycles. The predicted molar refractivity (Wildman–Crippen MR) is 144 cm³/mol. The highest BCUT2D eigenvalue weighted by atomic mass is 19.1. The number of ether oxygens (including phenoxy) is 3. The van der Waals surface area contributed by atoms with Gasteiger partial charge in [0, 0.05) is 42.5 Å². The van der Waals surface area contributed by atoms with Crippen LogP contribution in [0.3, 0.4) is 0 Å². The number of pyridine rings is 1. The first kappa shape index (κ1) is 26.7. The van der Waals surface area contributed by atoms with Crippen molar-refractivity contribution >= 4 is 28.3 Å². The molecule has 4 aromatic rings. The number of carbonyl (C=O) groups excluding carboxylic acids is 1. The van der Waals surface area contributed by atoms with E-state index in [1.807, 2.05) is 26.0 Å². The fourth-order valence-corrected chi connectivity index (χ4v) is 4.32. The van der Waals surface area contributed by atoms with E-state index < -0.39 is 17.7 Å². The van der Waals surface area contributed by atoms with Crippen molar-refractivity contribution in [1.82, 2.24) is 4.98 Å². The van der Waals surface area contributed by atoms with E-state index in [4.69, 9.17) is 14.2 Å². The minimum Gasteiger partial charge on any atom is -0.493 e. The van der Waals surface area contributed by atoms with E-state index in [1.54, 1.807) is 56.5 Å². The van der Waals surface area contributed by atoms with E-state index >= 15 is 0 Å². The summed E-state index contributed by atoms with van der Waals surface area (Å²) < 4.78 is 44.9. The first-order chi connectivity index (χ1) is 18.3. The van der Waals surface area contributed by atoms with Crippen LogP contribution in [0.2, 0.25) is 0 Å². The van der Waals surface area contributed by atoms with E-state index in [9.17, 15) is 13.6 Å². The summed E-state index contributed by atoms with van der Waals surface area (Å²) in [4.78, 5) is 20.7. The molecule has 9 heteroatoms. The zero-order valence-electron chi connectivity index (χ0n) is 21.9. The summed E-state index contributed by atoms with van der Waals surface area (Å²) in [5.41, 5.74) is 2.14. The Balaban J connectivity index is 1.64.